The lowest BCUT2D eigenvalue weighted by Gasteiger charge is -2.45. The minimum atomic E-state index is -1.35. The summed E-state index contributed by atoms with van der Waals surface area (Å²) in [6, 6.07) is 18.1. The molecule has 2 atom stereocenters. The molecule has 0 N–H and O–H groups in total. The minimum Gasteiger partial charge on any atom is -0.465 e. The monoisotopic (exact) mass is 433 g/mol. The van der Waals surface area contributed by atoms with Crippen LogP contribution in [0, 0.1) is 11.6 Å². The molecule has 32 heavy (non-hydrogen) atoms. The van der Waals surface area contributed by atoms with Crippen molar-refractivity contribution >= 4 is 11.9 Å². The first kappa shape index (κ1) is 20.4. The highest BCUT2D eigenvalue weighted by Gasteiger charge is 2.61. The first-order valence-corrected chi connectivity index (χ1v) is 10.6. The summed E-state index contributed by atoms with van der Waals surface area (Å²) in [5, 5.41) is 0. The number of ether oxygens (including phenoxy) is 1. The molecule has 1 amide bonds. The Hall–Kier alpha value is -3.54. The second-order valence-electron chi connectivity index (χ2n) is 8.20. The molecule has 1 heterocycles. The molecule has 0 spiro atoms. The number of amides is 1. The lowest BCUT2D eigenvalue weighted by atomic mass is 9.69. The Balaban J connectivity index is 1.79. The Morgan fingerprint density at radius 3 is 2.50 bits per heavy atom. The van der Waals surface area contributed by atoms with Crippen molar-refractivity contribution in [3.05, 3.63) is 106 Å². The average molecular weight is 433 g/mol. The van der Waals surface area contributed by atoms with Gasteiger partial charge < -0.3 is 9.64 Å². The van der Waals surface area contributed by atoms with E-state index in [1.807, 2.05) is 54.6 Å². The molecule has 4 nitrogen and oxygen atoms in total. The maximum Gasteiger partial charge on any atom is 0.319 e. The Labute approximate surface area is 184 Å². The van der Waals surface area contributed by atoms with E-state index in [4.69, 9.17) is 4.74 Å². The van der Waals surface area contributed by atoms with E-state index >= 15 is 0 Å². The van der Waals surface area contributed by atoms with E-state index in [1.54, 1.807) is 11.8 Å². The molecule has 0 bridgehead atoms. The fourth-order valence-electron chi connectivity index (χ4n) is 5.16. The molecule has 2 aliphatic rings. The van der Waals surface area contributed by atoms with Crippen LogP contribution < -0.4 is 0 Å². The maximum absolute atomic E-state index is 14.4. The topological polar surface area (TPSA) is 46.6 Å². The molecular weight excluding hydrogens is 412 g/mol. The van der Waals surface area contributed by atoms with E-state index in [0.29, 0.717) is 0 Å². The van der Waals surface area contributed by atoms with Gasteiger partial charge in [0.05, 0.1) is 12.6 Å². The highest BCUT2D eigenvalue weighted by Crippen LogP contribution is 2.56. The number of rotatable bonds is 4. The molecule has 0 saturated heterocycles. The number of halogens is 2. The molecule has 6 heteroatoms. The normalized spacial score (nSPS) is 21.0. The first-order valence-electron chi connectivity index (χ1n) is 10.6. The highest BCUT2D eigenvalue weighted by atomic mass is 19.2. The quantitative estimate of drug-likeness (QED) is 0.560. The molecule has 0 fully saturated rings. The molecule has 3 aromatic rings. The number of carbonyl (C=O) groups is 2. The smallest absolute Gasteiger partial charge is 0.319 e. The zero-order chi connectivity index (χ0) is 22.5. The largest absolute Gasteiger partial charge is 0.465 e. The summed E-state index contributed by atoms with van der Waals surface area (Å²) in [5.41, 5.74) is 1.40. The molecule has 0 aromatic heterocycles. The molecule has 162 valence electrons. The van der Waals surface area contributed by atoms with Gasteiger partial charge in [0.1, 0.15) is 5.41 Å². The summed E-state index contributed by atoms with van der Waals surface area (Å²) < 4.78 is 34.2. The van der Waals surface area contributed by atoms with Crippen molar-refractivity contribution in [3.63, 3.8) is 0 Å². The summed E-state index contributed by atoms with van der Waals surface area (Å²) in [7, 11) is 0. The Bertz CT molecular complexity index is 1230. The van der Waals surface area contributed by atoms with Crippen LogP contribution in [-0.4, -0.2) is 23.4 Å². The number of hydrogen-bond acceptors (Lipinski definition) is 3. The van der Waals surface area contributed by atoms with Gasteiger partial charge in [0.25, 0.3) is 5.91 Å². The van der Waals surface area contributed by atoms with E-state index in [2.05, 4.69) is 0 Å². The summed E-state index contributed by atoms with van der Waals surface area (Å²) in [6.45, 7) is 2.06. The van der Waals surface area contributed by atoms with Gasteiger partial charge in [0, 0.05) is 12.1 Å². The second kappa shape index (κ2) is 7.55. The van der Waals surface area contributed by atoms with Crippen molar-refractivity contribution in [2.24, 2.45) is 0 Å². The van der Waals surface area contributed by atoms with Gasteiger partial charge in [-0.3, -0.25) is 9.59 Å². The highest BCUT2D eigenvalue weighted by molar-refractivity contribution is 6.03. The van der Waals surface area contributed by atoms with Crippen LogP contribution in [0.3, 0.4) is 0 Å². The SMILES string of the molecule is CCOC(=O)[C@]12Cc3ccccc3[C@H]1N(Cc1ccccc1)C(=O)c1cc(F)c(F)cc12. The van der Waals surface area contributed by atoms with Gasteiger partial charge in [-0.1, -0.05) is 54.6 Å². The molecule has 0 saturated carbocycles. The van der Waals surface area contributed by atoms with Crippen molar-refractivity contribution in [1.82, 2.24) is 4.90 Å². The second-order valence-corrected chi connectivity index (χ2v) is 8.20. The van der Waals surface area contributed by atoms with Crippen molar-refractivity contribution < 1.29 is 23.1 Å². The van der Waals surface area contributed by atoms with Crippen molar-refractivity contribution in [2.75, 3.05) is 6.61 Å². The van der Waals surface area contributed by atoms with Gasteiger partial charge in [-0.15, -0.1) is 0 Å². The van der Waals surface area contributed by atoms with Gasteiger partial charge in [0.15, 0.2) is 11.6 Å². The van der Waals surface area contributed by atoms with E-state index in [1.165, 1.54) is 0 Å². The number of nitrogens with zero attached hydrogens (tertiary/aromatic N) is 1. The average Bonchev–Trinajstić information content (AvgIpc) is 3.15. The predicted molar refractivity (Wildman–Crippen MR) is 114 cm³/mol. The lowest BCUT2D eigenvalue weighted by Crippen LogP contribution is -2.54. The zero-order valence-electron chi connectivity index (χ0n) is 17.5. The zero-order valence-corrected chi connectivity index (χ0v) is 17.5. The standard InChI is InChI=1S/C26H21F2NO3/c1-2-32-25(31)26-14-17-10-6-7-11-18(17)23(26)29(15-16-8-4-3-5-9-16)24(30)19-12-21(27)22(28)13-20(19)26/h3-13,23H,2,14-15H2,1H3/t23-,26+/m1/s1. The summed E-state index contributed by atoms with van der Waals surface area (Å²) >= 11 is 0. The van der Waals surface area contributed by atoms with Crippen molar-refractivity contribution in [2.45, 2.75) is 31.3 Å². The van der Waals surface area contributed by atoms with Crippen LogP contribution in [0.2, 0.25) is 0 Å². The van der Waals surface area contributed by atoms with Gasteiger partial charge in [0.2, 0.25) is 0 Å². The first-order chi connectivity index (χ1) is 15.5. The molecule has 0 radical (unpaired) electrons. The number of hydrogen-bond donors (Lipinski definition) is 0. The summed E-state index contributed by atoms with van der Waals surface area (Å²) in [6.07, 6.45) is 0.239. The summed E-state index contributed by atoms with van der Waals surface area (Å²) in [5.74, 6) is -3.19. The molecular formula is C26H21F2NO3. The van der Waals surface area contributed by atoms with Crippen molar-refractivity contribution in [1.29, 1.82) is 0 Å². The Kier molecular flexibility index (Phi) is 4.81. The van der Waals surface area contributed by atoms with Crippen LogP contribution in [0.15, 0.2) is 66.7 Å². The summed E-state index contributed by atoms with van der Waals surface area (Å²) in [4.78, 5) is 28.8. The van der Waals surface area contributed by atoms with E-state index < -0.39 is 35.0 Å². The molecule has 0 unspecified atom stereocenters. The van der Waals surface area contributed by atoms with Crippen LogP contribution in [0.4, 0.5) is 8.78 Å². The molecule has 1 aliphatic heterocycles. The molecule has 5 rings (SSSR count). The number of fused-ring (bicyclic) bond motifs is 5. The predicted octanol–water partition coefficient (Wildman–Crippen LogP) is 4.72. The molecule has 3 aromatic carbocycles. The van der Waals surface area contributed by atoms with E-state index in [0.717, 1.165) is 28.8 Å². The fourth-order valence-corrected chi connectivity index (χ4v) is 5.16. The molecule has 1 aliphatic carbocycles. The Morgan fingerprint density at radius 2 is 1.75 bits per heavy atom. The van der Waals surface area contributed by atoms with Gasteiger partial charge >= 0.3 is 5.97 Å². The van der Waals surface area contributed by atoms with Crippen LogP contribution in [0.1, 0.15) is 45.6 Å². The third-order valence-corrected chi connectivity index (χ3v) is 6.47. The lowest BCUT2D eigenvalue weighted by molar-refractivity contribution is -0.153. The third kappa shape index (κ3) is 2.86. The van der Waals surface area contributed by atoms with Gasteiger partial charge in [-0.25, -0.2) is 8.78 Å². The van der Waals surface area contributed by atoms with Crippen LogP contribution in [-0.2, 0) is 27.9 Å². The van der Waals surface area contributed by atoms with Gasteiger partial charge in [-0.2, -0.15) is 0 Å². The number of esters is 1. The van der Waals surface area contributed by atoms with Crippen LogP contribution >= 0.6 is 0 Å². The third-order valence-electron chi connectivity index (χ3n) is 6.47. The number of carbonyl (C=O) groups excluding carboxylic acids is 2. The maximum atomic E-state index is 14.4. The number of benzene rings is 3. The van der Waals surface area contributed by atoms with Crippen LogP contribution in [0.25, 0.3) is 0 Å². The fraction of sp³-hybridized carbons (Fsp3) is 0.231. The van der Waals surface area contributed by atoms with Gasteiger partial charge in [-0.05, 0) is 47.7 Å². The van der Waals surface area contributed by atoms with Crippen LogP contribution in [0.5, 0.6) is 0 Å². The van der Waals surface area contributed by atoms with E-state index in [9.17, 15) is 18.4 Å². The Morgan fingerprint density at radius 1 is 1.06 bits per heavy atom. The van der Waals surface area contributed by atoms with E-state index in [-0.39, 0.29) is 30.7 Å². The van der Waals surface area contributed by atoms with Crippen molar-refractivity contribution in [3.8, 4) is 0 Å². The minimum absolute atomic E-state index is 0.00283.